The van der Waals surface area contributed by atoms with Crippen LogP contribution >= 0.6 is 11.6 Å². The third-order valence-corrected chi connectivity index (χ3v) is 4.97. The van der Waals surface area contributed by atoms with Gasteiger partial charge in [-0.05, 0) is 30.2 Å². The Bertz CT molecular complexity index is 568. The molecular formula is C15H17ClFNO3. The molecule has 1 N–H and O–H groups in total. The Morgan fingerprint density at radius 1 is 1.57 bits per heavy atom. The van der Waals surface area contributed by atoms with Gasteiger partial charge in [0.1, 0.15) is 5.82 Å². The zero-order chi connectivity index (χ0) is 15.0. The lowest BCUT2D eigenvalue weighted by molar-refractivity contribution is -0.157. The quantitative estimate of drug-likeness (QED) is 0.931. The number of benzene rings is 1. The van der Waals surface area contributed by atoms with Crippen LogP contribution in [-0.2, 0) is 16.1 Å². The van der Waals surface area contributed by atoms with Crippen molar-refractivity contribution in [2.45, 2.75) is 13.0 Å². The molecule has 21 heavy (non-hydrogen) atoms. The normalized spacial score (nSPS) is 29.3. The summed E-state index contributed by atoms with van der Waals surface area (Å²) in [6, 6.07) is 4.27. The molecule has 2 heterocycles. The Balaban J connectivity index is 1.79. The van der Waals surface area contributed by atoms with Crippen LogP contribution in [0.4, 0.5) is 4.39 Å². The summed E-state index contributed by atoms with van der Waals surface area (Å²) < 4.78 is 18.8. The van der Waals surface area contributed by atoms with Gasteiger partial charge in [-0.15, -0.1) is 0 Å². The minimum atomic E-state index is -0.761. The second-order valence-corrected chi connectivity index (χ2v) is 6.30. The smallest absolute Gasteiger partial charge is 0.311 e. The molecule has 1 aromatic carbocycles. The number of hydrogen-bond acceptors (Lipinski definition) is 3. The van der Waals surface area contributed by atoms with Crippen molar-refractivity contribution in [3.8, 4) is 0 Å². The molecule has 3 rings (SSSR count). The van der Waals surface area contributed by atoms with E-state index in [4.69, 9.17) is 16.3 Å². The van der Waals surface area contributed by atoms with E-state index in [2.05, 4.69) is 0 Å². The van der Waals surface area contributed by atoms with E-state index in [0.29, 0.717) is 49.9 Å². The van der Waals surface area contributed by atoms with Crippen LogP contribution in [-0.4, -0.2) is 42.3 Å². The van der Waals surface area contributed by atoms with Gasteiger partial charge in [-0.2, -0.15) is 0 Å². The number of carbonyl (C=O) groups is 1. The number of nitrogens with zero attached hydrogens (tertiary/aromatic N) is 1. The van der Waals surface area contributed by atoms with E-state index in [-0.39, 0.29) is 11.7 Å². The fraction of sp³-hybridized carbons (Fsp3) is 0.533. The first kappa shape index (κ1) is 14.8. The number of likely N-dealkylation sites (tertiary alicyclic amines) is 1. The van der Waals surface area contributed by atoms with Crippen LogP contribution in [0.2, 0.25) is 5.02 Å². The van der Waals surface area contributed by atoms with Crippen molar-refractivity contribution in [2.24, 2.45) is 11.3 Å². The first-order chi connectivity index (χ1) is 10.0. The lowest BCUT2D eigenvalue weighted by Gasteiger charge is -2.34. The average Bonchev–Trinajstić information content (AvgIpc) is 2.82. The van der Waals surface area contributed by atoms with Gasteiger partial charge in [-0.1, -0.05) is 11.6 Å². The molecule has 0 spiro atoms. The van der Waals surface area contributed by atoms with E-state index >= 15 is 0 Å². The van der Waals surface area contributed by atoms with Crippen LogP contribution < -0.4 is 0 Å². The number of halogens is 2. The van der Waals surface area contributed by atoms with Crippen molar-refractivity contribution in [2.75, 3.05) is 26.3 Å². The maximum atomic E-state index is 13.3. The summed E-state index contributed by atoms with van der Waals surface area (Å²) >= 11 is 6.09. The van der Waals surface area contributed by atoms with Gasteiger partial charge in [0.05, 0.1) is 12.0 Å². The molecule has 4 nitrogen and oxygen atoms in total. The monoisotopic (exact) mass is 313 g/mol. The van der Waals surface area contributed by atoms with E-state index in [1.165, 1.54) is 18.2 Å². The average molecular weight is 314 g/mol. The van der Waals surface area contributed by atoms with Gasteiger partial charge in [0, 0.05) is 37.2 Å². The van der Waals surface area contributed by atoms with Crippen molar-refractivity contribution < 1.29 is 19.0 Å². The van der Waals surface area contributed by atoms with Crippen molar-refractivity contribution in [3.63, 3.8) is 0 Å². The lowest BCUT2D eigenvalue weighted by Crippen LogP contribution is -2.44. The highest BCUT2D eigenvalue weighted by Crippen LogP contribution is 2.43. The van der Waals surface area contributed by atoms with E-state index in [1.54, 1.807) is 0 Å². The fourth-order valence-corrected chi connectivity index (χ4v) is 3.61. The predicted octanol–water partition coefficient (Wildman–Crippen LogP) is 2.40. The zero-order valence-electron chi connectivity index (χ0n) is 11.5. The number of carboxylic acid groups (broad SMARTS) is 1. The summed E-state index contributed by atoms with van der Waals surface area (Å²) in [5, 5.41) is 10.1. The summed E-state index contributed by atoms with van der Waals surface area (Å²) in [6.45, 7) is 2.52. The molecule has 114 valence electrons. The number of rotatable bonds is 3. The van der Waals surface area contributed by atoms with Crippen LogP contribution in [0.3, 0.4) is 0 Å². The van der Waals surface area contributed by atoms with Gasteiger partial charge in [-0.3, -0.25) is 9.69 Å². The molecule has 6 heteroatoms. The van der Waals surface area contributed by atoms with Crippen molar-refractivity contribution >= 4 is 17.6 Å². The van der Waals surface area contributed by atoms with Crippen LogP contribution in [0, 0.1) is 17.2 Å². The summed E-state index contributed by atoms with van der Waals surface area (Å²) in [7, 11) is 0. The third kappa shape index (κ3) is 2.65. The Kier molecular flexibility index (Phi) is 3.90. The SMILES string of the molecule is O=C(O)[C@]12CCOC[C@H]1CN(Cc1cc(F)ccc1Cl)C2. The van der Waals surface area contributed by atoms with Crippen molar-refractivity contribution in [1.82, 2.24) is 4.90 Å². The van der Waals surface area contributed by atoms with Gasteiger partial charge in [0.2, 0.25) is 0 Å². The summed E-state index contributed by atoms with van der Waals surface area (Å²) in [5.41, 5.74) is -0.0466. The van der Waals surface area contributed by atoms with Crippen LogP contribution in [0.5, 0.6) is 0 Å². The molecule has 0 bridgehead atoms. The van der Waals surface area contributed by atoms with E-state index in [0.717, 1.165) is 0 Å². The van der Waals surface area contributed by atoms with E-state index in [9.17, 15) is 14.3 Å². The van der Waals surface area contributed by atoms with Gasteiger partial charge in [0.25, 0.3) is 0 Å². The van der Waals surface area contributed by atoms with Crippen LogP contribution in [0.25, 0.3) is 0 Å². The fourth-order valence-electron chi connectivity index (χ4n) is 3.43. The molecule has 2 fully saturated rings. The van der Waals surface area contributed by atoms with Gasteiger partial charge < -0.3 is 9.84 Å². The highest BCUT2D eigenvalue weighted by molar-refractivity contribution is 6.31. The van der Waals surface area contributed by atoms with Gasteiger partial charge >= 0.3 is 5.97 Å². The molecule has 0 amide bonds. The molecule has 2 aliphatic rings. The number of ether oxygens (including phenoxy) is 1. The maximum Gasteiger partial charge on any atom is 0.311 e. The minimum absolute atomic E-state index is 0.0175. The molecule has 0 aliphatic carbocycles. The third-order valence-electron chi connectivity index (χ3n) is 4.61. The number of fused-ring (bicyclic) bond motifs is 1. The number of carboxylic acids is 1. The summed E-state index contributed by atoms with van der Waals surface area (Å²) in [6.07, 6.45) is 0.528. The number of aliphatic carboxylic acids is 1. The van der Waals surface area contributed by atoms with E-state index < -0.39 is 11.4 Å². The Morgan fingerprint density at radius 3 is 3.10 bits per heavy atom. The topological polar surface area (TPSA) is 49.8 Å². The summed E-state index contributed by atoms with van der Waals surface area (Å²) in [4.78, 5) is 13.7. The second kappa shape index (κ2) is 5.55. The lowest BCUT2D eigenvalue weighted by atomic mass is 9.74. The standard InChI is InChI=1S/C15H17ClFNO3/c16-13-2-1-12(17)5-10(13)6-18-7-11-8-21-4-3-15(11,9-18)14(19)20/h1-2,5,11H,3-4,6-9H2,(H,19,20)/t11-,15+/m1/s1. The predicted molar refractivity (Wildman–Crippen MR) is 75.7 cm³/mol. The van der Waals surface area contributed by atoms with Crippen LogP contribution in [0.15, 0.2) is 18.2 Å². The molecule has 2 aliphatic heterocycles. The Morgan fingerprint density at radius 2 is 2.38 bits per heavy atom. The maximum absolute atomic E-state index is 13.3. The highest BCUT2D eigenvalue weighted by Gasteiger charge is 2.53. The molecule has 2 atom stereocenters. The molecule has 0 aromatic heterocycles. The first-order valence-electron chi connectivity index (χ1n) is 6.99. The zero-order valence-corrected chi connectivity index (χ0v) is 12.3. The van der Waals surface area contributed by atoms with Gasteiger partial charge in [0.15, 0.2) is 0 Å². The molecule has 0 radical (unpaired) electrons. The molecule has 0 saturated carbocycles. The number of hydrogen-bond donors (Lipinski definition) is 1. The second-order valence-electron chi connectivity index (χ2n) is 5.89. The first-order valence-corrected chi connectivity index (χ1v) is 7.36. The van der Waals surface area contributed by atoms with E-state index in [1.807, 2.05) is 4.90 Å². The minimum Gasteiger partial charge on any atom is -0.481 e. The van der Waals surface area contributed by atoms with Crippen molar-refractivity contribution in [3.05, 3.63) is 34.6 Å². The van der Waals surface area contributed by atoms with Crippen molar-refractivity contribution in [1.29, 1.82) is 0 Å². The Labute approximate surface area is 127 Å². The van der Waals surface area contributed by atoms with Gasteiger partial charge in [-0.25, -0.2) is 4.39 Å². The molecular weight excluding hydrogens is 297 g/mol. The molecule has 2 saturated heterocycles. The Hall–Kier alpha value is -1.17. The summed E-state index contributed by atoms with van der Waals surface area (Å²) in [5.74, 6) is -1.11. The van der Waals surface area contributed by atoms with Crippen LogP contribution in [0.1, 0.15) is 12.0 Å². The largest absolute Gasteiger partial charge is 0.481 e. The molecule has 0 unspecified atom stereocenters. The molecule has 1 aromatic rings. The highest BCUT2D eigenvalue weighted by atomic mass is 35.5.